The molecule has 1 N–H and O–H groups in total. The summed E-state index contributed by atoms with van der Waals surface area (Å²) in [7, 11) is -3.20. The number of amides is 1. The molecule has 1 aromatic heterocycles. The fourth-order valence-electron chi connectivity index (χ4n) is 2.52. The first kappa shape index (κ1) is 17.1. The van der Waals surface area contributed by atoms with Gasteiger partial charge in [0.2, 0.25) is 0 Å². The number of nitrogens with one attached hydrogen (secondary N) is 1. The second-order valence-corrected chi connectivity index (χ2v) is 9.23. The van der Waals surface area contributed by atoms with Crippen molar-refractivity contribution in [3.05, 3.63) is 42.0 Å². The number of carbonyl (C=O) groups is 1. The summed E-state index contributed by atoms with van der Waals surface area (Å²) in [5.74, 6) is -0.0518. The quantitative estimate of drug-likeness (QED) is 0.884. The van der Waals surface area contributed by atoms with Gasteiger partial charge in [0.25, 0.3) is 5.91 Å². The maximum Gasteiger partial charge on any atom is 0.251 e. The zero-order chi connectivity index (χ0) is 17.2. The van der Waals surface area contributed by atoms with E-state index < -0.39 is 9.84 Å². The summed E-state index contributed by atoms with van der Waals surface area (Å²) in [5.41, 5.74) is 1.40. The maximum absolute atomic E-state index is 12.3. The number of ether oxygens (including phenoxy) is 1. The van der Waals surface area contributed by atoms with Crippen LogP contribution in [0.15, 0.2) is 40.6 Å². The van der Waals surface area contributed by atoms with Gasteiger partial charge >= 0.3 is 0 Å². The van der Waals surface area contributed by atoms with Gasteiger partial charge in [-0.05, 0) is 36.2 Å². The van der Waals surface area contributed by atoms with Gasteiger partial charge in [0.1, 0.15) is 4.21 Å². The molecule has 0 aliphatic carbocycles. The van der Waals surface area contributed by atoms with Crippen LogP contribution < -0.4 is 5.32 Å². The molecule has 0 radical (unpaired) electrons. The van der Waals surface area contributed by atoms with Crippen LogP contribution in [0.25, 0.3) is 10.4 Å². The molecule has 0 saturated carbocycles. The van der Waals surface area contributed by atoms with Gasteiger partial charge < -0.3 is 10.1 Å². The number of hydrogen-bond donors (Lipinski definition) is 1. The molecule has 1 aliphatic rings. The Kier molecular flexibility index (Phi) is 5.03. The minimum absolute atomic E-state index is 0.0594. The van der Waals surface area contributed by atoms with Gasteiger partial charge in [0.15, 0.2) is 9.84 Å². The molecular formula is C17H19NO4S2. The monoisotopic (exact) mass is 365 g/mol. The topological polar surface area (TPSA) is 72.5 Å². The molecule has 3 rings (SSSR count). The van der Waals surface area contributed by atoms with E-state index in [0.717, 1.165) is 16.9 Å². The Balaban J connectivity index is 1.81. The summed E-state index contributed by atoms with van der Waals surface area (Å²) >= 11 is 1.23. The minimum Gasteiger partial charge on any atom is -0.379 e. The molecule has 7 heteroatoms. The van der Waals surface area contributed by atoms with Crippen molar-refractivity contribution in [2.75, 3.05) is 19.0 Å². The first-order valence-electron chi connectivity index (χ1n) is 7.81. The van der Waals surface area contributed by atoms with Crippen molar-refractivity contribution < 1.29 is 17.9 Å². The normalized spacial score (nSPS) is 17.8. The molecule has 0 spiro atoms. The predicted octanol–water partition coefficient (Wildman–Crippen LogP) is 2.73. The van der Waals surface area contributed by atoms with E-state index in [1.165, 1.54) is 11.3 Å². The van der Waals surface area contributed by atoms with Crippen LogP contribution in [-0.2, 0) is 14.6 Å². The van der Waals surface area contributed by atoms with Crippen molar-refractivity contribution in [3.8, 4) is 10.4 Å². The first-order valence-corrected chi connectivity index (χ1v) is 10.3. The van der Waals surface area contributed by atoms with Crippen LogP contribution in [0.4, 0.5) is 0 Å². The van der Waals surface area contributed by atoms with E-state index >= 15 is 0 Å². The van der Waals surface area contributed by atoms with E-state index in [4.69, 9.17) is 4.74 Å². The summed E-state index contributed by atoms with van der Waals surface area (Å²) in [5, 5.41) is 2.96. The highest BCUT2D eigenvalue weighted by atomic mass is 32.2. The lowest BCUT2D eigenvalue weighted by Crippen LogP contribution is -2.34. The largest absolute Gasteiger partial charge is 0.379 e. The predicted molar refractivity (Wildman–Crippen MR) is 94.2 cm³/mol. The second-order valence-electron chi connectivity index (χ2n) is 5.64. The minimum atomic E-state index is -3.20. The number of carbonyl (C=O) groups excluding carboxylic acids is 1. The van der Waals surface area contributed by atoms with Crippen LogP contribution in [0.2, 0.25) is 0 Å². The van der Waals surface area contributed by atoms with Crippen LogP contribution in [0, 0.1) is 0 Å². The Morgan fingerprint density at radius 3 is 2.88 bits per heavy atom. The number of rotatable bonds is 5. The average molecular weight is 365 g/mol. The number of benzene rings is 1. The number of thiophene rings is 1. The third kappa shape index (κ3) is 3.68. The third-order valence-corrected chi connectivity index (χ3v) is 7.39. The molecule has 1 aromatic carbocycles. The lowest BCUT2D eigenvalue weighted by atomic mass is 10.1. The van der Waals surface area contributed by atoms with E-state index in [0.29, 0.717) is 23.0 Å². The van der Waals surface area contributed by atoms with Gasteiger partial charge in [0.05, 0.1) is 18.4 Å². The molecule has 5 nitrogen and oxygen atoms in total. The number of hydrogen-bond acceptors (Lipinski definition) is 5. The zero-order valence-electron chi connectivity index (χ0n) is 13.3. The standard InChI is InChI=1S/C17H19NO4S2/c1-2-24(20,21)16-7-6-15(23-16)12-4-3-5-13(10-12)17(19)18-14-8-9-22-11-14/h3-7,10,14H,2,8-9,11H2,1H3,(H,18,19)/t14-/m0/s1. The Morgan fingerprint density at radius 2 is 2.17 bits per heavy atom. The Labute approximate surface area is 145 Å². The van der Waals surface area contributed by atoms with Gasteiger partial charge in [-0.2, -0.15) is 0 Å². The third-order valence-electron chi connectivity index (χ3n) is 3.94. The molecule has 1 aliphatic heterocycles. The first-order chi connectivity index (χ1) is 11.5. The SMILES string of the molecule is CCS(=O)(=O)c1ccc(-c2cccc(C(=O)N[C@H]3CCOC3)c2)s1. The molecule has 24 heavy (non-hydrogen) atoms. The van der Waals surface area contributed by atoms with Gasteiger partial charge in [-0.25, -0.2) is 8.42 Å². The molecule has 0 unspecified atom stereocenters. The Bertz CT molecular complexity index is 836. The average Bonchev–Trinajstić information content (AvgIpc) is 3.27. The van der Waals surface area contributed by atoms with E-state index in [9.17, 15) is 13.2 Å². The van der Waals surface area contributed by atoms with Crippen LogP contribution in [-0.4, -0.2) is 39.3 Å². The van der Waals surface area contributed by atoms with E-state index in [1.807, 2.05) is 12.1 Å². The summed E-state index contributed by atoms with van der Waals surface area (Å²) < 4.78 is 29.5. The molecule has 128 valence electrons. The van der Waals surface area contributed by atoms with Crippen molar-refractivity contribution in [2.24, 2.45) is 0 Å². The molecule has 1 saturated heterocycles. The fraction of sp³-hybridized carbons (Fsp3) is 0.353. The molecular weight excluding hydrogens is 346 g/mol. The number of sulfone groups is 1. The van der Waals surface area contributed by atoms with Crippen molar-refractivity contribution >= 4 is 27.1 Å². The van der Waals surface area contributed by atoms with E-state index in [2.05, 4.69) is 5.32 Å². The van der Waals surface area contributed by atoms with Gasteiger partial charge in [0, 0.05) is 17.0 Å². The van der Waals surface area contributed by atoms with Crippen LogP contribution in [0.3, 0.4) is 0 Å². The van der Waals surface area contributed by atoms with Gasteiger partial charge in [-0.1, -0.05) is 19.1 Å². The molecule has 1 atom stereocenters. The highest BCUT2D eigenvalue weighted by Crippen LogP contribution is 2.31. The highest BCUT2D eigenvalue weighted by Gasteiger charge is 2.19. The molecule has 2 aromatic rings. The summed E-state index contributed by atoms with van der Waals surface area (Å²) in [4.78, 5) is 13.2. The smallest absolute Gasteiger partial charge is 0.251 e. The Morgan fingerprint density at radius 1 is 1.33 bits per heavy atom. The van der Waals surface area contributed by atoms with Crippen LogP contribution >= 0.6 is 11.3 Å². The molecule has 1 fully saturated rings. The molecule has 0 bridgehead atoms. The zero-order valence-corrected chi connectivity index (χ0v) is 15.0. The van der Waals surface area contributed by atoms with Gasteiger partial charge in [-0.15, -0.1) is 11.3 Å². The van der Waals surface area contributed by atoms with Crippen LogP contribution in [0.5, 0.6) is 0 Å². The van der Waals surface area contributed by atoms with Crippen molar-refractivity contribution in [1.29, 1.82) is 0 Å². The van der Waals surface area contributed by atoms with E-state index in [1.54, 1.807) is 31.2 Å². The van der Waals surface area contributed by atoms with Gasteiger partial charge in [-0.3, -0.25) is 4.79 Å². The van der Waals surface area contributed by atoms with Crippen molar-refractivity contribution in [2.45, 2.75) is 23.6 Å². The summed E-state index contributed by atoms with van der Waals surface area (Å²) in [6.45, 7) is 2.86. The Hall–Kier alpha value is -1.70. The van der Waals surface area contributed by atoms with E-state index in [-0.39, 0.29) is 17.7 Å². The lowest BCUT2D eigenvalue weighted by molar-refractivity contribution is 0.0930. The van der Waals surface area contributed by atoms with Crippen molar-refractivity contribution in [3.63, 3.8) is 0 Å². The second kappa shape index (κ2) is 7.04. The summed E-state index contributed by atoms with van der Waals surface area (Å²) in [6, 6.07) is 10.7. The molecule has 1 amide bonds. The highest BCUT2D eigenvalue weighted by molar-refractivity contribution is 7.93. The maximum atomic E-state index is 12.3. The van der Waals surface area contributed by atoms with Crippen LogP contribution in [0.1, 0.15) is 23.7 Å². The molecule has 2 heterocycles. The van der Waals surface area contributed by atoms with Crippen molar-refractivity contribution in [1.82, 2.24) is 5.32 Å². The lowest BCUT2D eigenvalue weighted by Gasteiger charge is -2.11. The summed E-state index contributed by atoms with van der Waals surface area (Å²) in [6.07, 6.45) is 0.828. The fourth-order valence-corrected chi connectivity index (χ4v) is 4.94.